The first-order valence-corrected chi connectivity index (χ1v) is 15.1. The van der Waals surface area contributed by atoms with Crippen molar-refractivity contribution in [3.05, 3.63) is 77.8 Å². The first kappa shape index (κ1) is 28.5. The van der Waals surface area contributed by atoms with Gasteiger partial charge in [0.1, 0.15) is 0 Å². The van der Waals surface area contributed by atoms with Crippen LogP contribution >= 0.6 is 0 Å². The number of anilines is 1. The van der Waals surface area contributed by atoms with E-state index in [0.29, 0.717) is 18.7 Å². The predicted molar refractivity (Wildman–Crippen MR) is 168 cm³/mol. The van der Waals surface area contributed by atoms with Crippen LogP contribution in [-0.4, -0.2) is 110 Å². The molecule has 2 N–H and O–H groups in total. The van der Waals surface area contributed by atoms with Crippen LogP contribution in [0.5, 0.6) is 0 Å². The van der Waals surface area contributed by atoms with Gasteiger partial charge in [-0.15, -0.1) is 0 Å². The number of piperazine rings is 1. The quantitative estimate of drug-likeness (QED) is 0.532. The van der Waals surface area contributed by atoms with Gasteiger partial charge in [0.25, 0.3) is 5.91 Å². The smallest absolute Gasteiger partial charge is 0.256 e. The van der Waals surface area contributed by atoms with Gasteiger partial charge in [0.05, 0.1) is 13.2 Å². The Balaban J connectivity index is 1.14. The van der Waals surface area contributed by atoms with E-state index in [-0.39, 0.29) is 5.91 Å². The zero-order valence-corrected chi connectivity index (χ0v) is 24.5. The molecular formula is C33H41N7O2. The molecule has 220 valence electrons. The van der Waals surface area contributed by atoms with Crippen molar-refractivity contribution in [2.75, 3.05) is 84.5 Å². The molecule has 1 aromatic heterocycles. The third-order valence-electron chi connectivity index (χ3n) is 8.29. The fraction of sp³-hybridized carbons (Fsp3) is 0.424. The Morgan fingerprint density at radius 3 is 2.64 bits per heavy atom. The van der Waals surface area contributed by atoms with E-state index in [9.17, 15) is 4.79 Å². The average molecular weight is 568 g/mol. The number of morpholine rings is 1. The molecule has 9 heteroatoms. The minimum absolute atomic E-state index is 0.0972. The number of aromatic nitrogens is 1. The summed E-state index contributed by atoms with van der Waals surface area (Å²) in [4.78, 5) is 30.2. The van der Waals surface area contributed by atoms with Gasteiger partial charge in [-0.1, -0.05) is 18.2 Å². The Hall–Kier alpha value is -3.63. The fourth-order valence-corrected chi connectivity index (χ4v) is 5.80. The molecule has 0 radical (unpaired) electrons. The third-order valence-corrected chi connectivity index (χ3v) is 8.29. The minimum Gasteiger partial charge on any atom is -0.381 e. The molecule has 0 saturated carbocycles. The van der Waals surface area contributed by atoms with E-state index in [0.717, 1.165) is 106 Å². The Morgan fingerprint density at radius 2 is 1.79 bits per heavy atom. The van der Waals surface area contributed by atoms with E-state index in [2.05, 4.69) is 67.7 Å². The maximum Gasteiger partial charge on any atom is 0.256 e. The number of fused-ring (bicyclic) bond motifs is 1. The third kappa shape index (κ3) is 7.22. The van der Waals surface area contributed by atoms with Crippen LogP contribution in [0.4, 0.5) is 5.69 Å². The monoisotopic (exact) mass is 567 g/mol. The SMILES string of the molecule is CN1CCN(Cc2cncc(-c3ccc4c(c3)C(C(=O)NC3=C/CCN=C(CN5CCOCC5)/C=C\3)=CCN4)c2)CC1. The van der Waals surface area contributed by atoms with Gasteiger partial charge in [-0.05, 0) is 54.9 Å². The number of carbonyl (C=O) groups excluding carboxylic acids is 1. The van der Waals surface area contributed by atoms with Gasteiger partial charge in [0, 0.05) is 112 Å². The number of likely N-dealkylation sites (N-methyl/N-ethyl adjacent to an activating group) is 1. The number of ether oxygens (including phenoxy) is 1. The lowest BCUT2D eigenvalue weighted by Gasteiger charge is -2.32. The summed E-state index contributed by atoms with van der Waals surface area (Å²) < 4.78 is 5.47. The zero-order chi connectivity index (χ0) is 28.7. The van der Waals surface area contributed by atoms with Gasteiger partial charge in [0.2, 0.25) is 0 Å². The number of pyridine rings is 1. The summed E-state index contributed by atoms with van der Waals surface area (Å²) in [5.74, 6) is -0.0972. The van der Waals surface area contributed by atoms with Crippen LogP contribution in [0.3, 0.4) is 0 Å². The molecule has 2 saturated heterocycles. The number of hydrogen-bond donors (Lipinski definition) is 2. The van der Waals surface area contributed by atoms with Gasteiger partial charge < -0.3 is 20.3 Å². The highest BCUT2D eigenvalue weighted by atomic mass is 16.5. The first-order valence-electron chi connectivity index (χ1n) is 15.1. The number of benzene rings is 1. The van der Waals surface area contributed by atoms with Crippen LogP contribution in [0.2, 0.25) is 0 Å². The molecule has 0 atom stereocenters. The molecule has 9 nitrogen and oxygen atoms in total. The number of allylic oxidation sites excluding steroid dienone is 1. The van der Waals surface area contributed by atoms with Gasteiger partial charge in [-0.3, -0.25) is 24.6 Å². The number of nitrogens with one attached hydrogen (secondary N) is 2. The van der Waals surface area contributed by atoms with E-state index in [1.54, 1.807) is 0 Å². The van der Waals surface area contributed by atoms with Crippen molar-refractivity contribution in [2.24, 2.45) is 4.99 Å². The summed E-state index contributed by atoms with van der Waals surface area (Å²) in [5.41, 5.74) is 7.74. The molecule has 0 aliphatic carbocycles. The maximum atomic E-state index is 13.6. The van der Waals surface area contributed by atoms with E-state index >= 15 is 0 Å². The number of amides is 1. The van der Waals surface area contributed by atoms with Gasteiger partial charge >= 0.3 is 0 Å². The van der Waals surface area contributed by atoms with Crippen LogP contribution in [0.25, 0.3) is 16.7 Å². The predicted octanol–water partition coefficient (Wildman–Crippen LogP) is 3.04. The molecule has 1 aromatic carbocycles. The van der Waals surface area contributed by atoms with Crippen LogP contribution in [0.1, 0.15) is 17.5 Å². The lowest BCUT2D eigenvalue weighted by Crippen LogP contribution is -2.43. The van der Waals surface area contributed by atoms with Crippen molar-refractivity contribution in [3.8, 4) is 11.1 Å². The summed E-state index contributed by atoms with van der Waals surface area (Å²) in [7, 11) is 2.18. The Bertz CT molecular complexity index is 1400. The molecule has 2 fully saturated rings. The van der Waals surface area contributed by atoms with Crippen molar-refractivity contribution < 1.29 is 9.53 Å². The van der Waals surface area contributed by atoms with Crippen molar-refractivity contribution in [2.45, 2.75) is 13.0 Å². The van der Waals surface area contributed by atoms with Crippen molar-refractivity contribution in [1.82, 2.24) is 25.0 Å². The van der Waals surface area contributed by atoms with E-state index < -0.39 is 0 Å². The average Bonchev–Trinajstić information content (AvgIpc) is 3.01. The van der Waals surface area contributed by atoms with E-state index in [4.69, 9.17) is 9.73 Å². The minimum atomic E-state index is -0.0972. The van der Waals surface area contributed by atoms with Crippen molar-refractivity contribution in [3.63, 3.8) is 0 Å². The summed E-state index contributed by atoms with van der Waals surface area (Å²) in [6.45, 7) is 10.7. The highest BCUT2D eigenvalue weighted by Crippen LogP contribution is 2.33. The Morgan fingerprint density at radius 1 is 0.952 bits per heavy atom. The van der Waals surface area contributed by atoms with E-state index in [1.807, 2.05) is 30.6 Å². The molecule has 42 heavy (non-hydrogen) atoms. The second-order valence-electron chi connectivity index (χ2n) is 11.4. The first-order chi connectivity index (χ1) is 20.6. The zero-order valence-electron chi connectivity index (χ0n) is 24.5. The summed E-state index contributed by atoms with van der Waals surface area (Å²) in [6.07, 6.45) is 12.7. The summed E-state index contributed by atoms with van der Waals surface area (Å²) in [5, 5.41) is 6.59. The lowest BCUT2D eigenvalue weighted by atomic mass is 9.94. The number of nitrogens with zero attached hydrogens (tertiary/aromatic N) is 5. The van der Waals surface area contributed by atoms with E-state index in [1.165, 1.54) is 5.56 Å². The molecule has 5 heterocycles. The highest BCUT2D eigenvalue weighted by Gasteiger charge is 2.21. The van der Waals surface area contributed by atoms with Gasteiger partial charge in [-0.2, -0.15) is 0 Å². The fourth-order valence-electron chi connectivity index (χ4n) is 5.80. The molecule has 4 aliphatic heterocycles. The highest BCUT2D eigenvalue weighted by molar-refractivity contribution is 6.22. The largest absolute Gasteiger partial charge is 0.381 e. The molecule has 0 unspecified atom stereocenters. The standard InChI is InChI=1S/C33H41N7O2/c1-38-11-13-39(14-12-38)23-25-19-27(22-34-21-25)26-4-7-32-31(20-26)30(8-10-36-32)33(41)37-28-3-2-9-35-29(6-5-28)24-40-15-17-42-18-16-40/h3-8,19-22,36H,2,9-18,23-24H2,1H3,(H,37,41)/b6-5-,28-3+,35-29?. The molecule has 0 spiro atoms. The van der Waals surface area contributed by atoms with Crippen molar-refractivity contribution in [1.29, 1.82) is 0 Å². The van der Waals surface area contributed by atoms with Crippen LogP contribution in [0, 0.1) is 0 Å². The molecule has 4 aliphatic rings. The van der Waals surface area contributed by atoms with Gasteiger partial charge in [-0.25, -0.2) is 0 Å². The van der Waals surface area contributed by atoms with Crippen LogP contribution < -0.4 is 10.6 Å². The number of aliphatic imine (C=N–C) groups is 1. The normalized spacial score (nSPS) is 22.4. The topological polar surface area (TPSA) is 85.3 Å². The second kappa shape index (κ2) is 13.6. The number of rotatable bonds is 7. The van der Waals surface area contributed by atoms with Crippen LogP contribution in [0.15, 0.2) is 71.7 Å². The Kier molecular flexibility index (Phi) is 9.20. The number of carbonyl (C=O) groups is 1. The molecule has 0 bridgehead atoms. The lowest BCUT2D eigenvalue weighted by molar-refractivity contribution is -0.114. The molecule has 2 aromatic rings. The summed E-state index contributed by atoms with van der Waals surface area (Å²) >= 11 is 0. The van der Waals surface area contributed by atoms with Gasteiger partial charge in [0.15, 0.2) is 0 Å². The second-order valence-corrected chi connectivity index (χ2v) is 11.4. The number of hydrogen-bond acceptors (Lipinski definition) is 8. The summed E-state index contributed by atoms with van der Waals surface area (Å²) in [6, 6.07) is 8.52. The van der Waals surface area contributed by atoms with Crippen LogP contribution in [-0.2, 0) is 16.1 Å². The molecular weight excluding hydrogens is 526 g/mol. The van der Waals surface area contributed by atoms with Crippen molar-refractivity contribution >= 4 is 22.9 Å². The maximum absolute atomic E-state index is 13.6. The molecule has 6 rings (SSSR count). The Labute approximate surface area is 248 Å². The molecule has 1 amide bonds.